The van der Waals surface area contributed by atoms with Gasteiger partial charge in [-0.25, -0.2) is 0 Å². The molecular weight excluding hydrogens is 216 g/mol. The number of hydrogen-bond acceptors (Lipinski definition) is 4. The molecule has 0 saturated carbocycles. The van der Waals surface area contributed by atoms with E-state index in [4.69, 9.17) is 24.9 Å². The van der Waals surface area contributed by atoms with Crippen LogP contribution >= 0.6 is 23.4 Å². The van der Waals surface area contributed by atoms with E-state index in [2.05, 4.69) is 0 Å². The van der Waals surface area contributed by atoms with Crippen molar-refractivity contribution in [2.24, 2.45) is 0 Å². The van der Waals surface area contributed by atoms with Crippen LogP contribution in [-0.4, -0.2) is 46.1 Å². The molecule has 3 nitrogen and oxygen atoms in total. The summed E-state index contributed by atoms with van der Waals surface area (Å²) in [7, 11) is -0.861. The molecule has 0 aromatic heterocycles. The third kappa shape index (κ3) is 2.90. The fourth-order valence-corrected chi connectivity index (χ4v) is 4.01. The second-order valence-electron chi connectivity index (χ2n) is 2.33. The summed E-state index contributed by atoms with van der Waals surface area (Å²) in [4.78, 5) is 0. The molecule has 0 radical (unpaired) electrons. The summed E-state index contributed by atoms with van der Waals surface area (Å²) in [6.45, 7) is 1.36. The van der Waals surface area contributed by atoms with E-state index in [9.17, 15) is 0 Å². The summed E-state index contributed by atoms with van der Waals surface area (Å²) < 4.78 is 16.2. The van der Waals surface area contributed by atoms with Gasteiger partial charge in [0.15, 0.2) is 0 Å². The Morgan fingerprint density at radius 3 is 2.42 bits per heavy atom. The van der Waals surface area contributed by atoms with Crippen LogP contribution in [0.25, 0.3) is 0 Å². The topological polar surface area (TPSA) is 27.7 Å². The molecule has 1 fully saturated rings. The van der Waals surface area contributed by atoms with Crippen LogP contribution in [0.3, 0.4) is 0 Å². The van der Waals surface area contributed by atoms with E-state index < -0.39 is 8.80 Å². The predicted molar refractivity (Wildman–Crippen MR) is 52.7 cm³/mol. The Morgan fingerprint density at radius 1 is 1.42 bits per heavy atom. The lowest BCUT2D eigenvalue weighted by atomic mass is 10.9. The molecule has 0 bridgehead atoms. The summed E-state index contributed by atoms with van der Waals surface area (Å²) in [5.74, 6) is 2.00. The van der Waals surface area contributed by atoms with E-state index in [0.717, 1.165) is 11.5 Å². The lowest BCUT2D eigenvalue weighted by Crippen LogP contribution is -2.49. The zero-order valence-corrected chi connectivity index (χ0v) is 9.62. The number of halogens is 1. The Morgan fingerprint density at radius 2 is 2.00 bits per heavy atom. The van der Waals surface area contributed by atoms with Crippen LogP contribution in [0.15, 0.2) is 0 Å². The fourth-order valence-electron chi connectivity index (χ4n) is 0.905. The maximum Gasteiger partial charge on any atom is 0.516 e. The van der Waals surface area contributed by atoms with Gasteiger partial charge < -0.3 is 13.3 Å². The van der Waals surface area contributed by atoms with E-state index in [1.54, 1.807) is 7.11 Å². The maximum atomic E-state index is 5.74. The number of hydrogen-bond donors (Lipinski definition) is 0. The van der Waals surface area contributed by atoms with Crippen LogP contribution in [0.1, 0.15) is 0 Å². The summed E-state index contributed by atoms with van der Waals surface area (Å²) in [6, 6.07) is 0. The van der Waals surface area contributed by atoms with Gasteiger partial charge in [-0.2, -0.15) is 11.8 Å². The molecule has 1 heterocycles. The van der Waals surface area contributed by atoms with Crippen molar-refractivity contribution in [2.45, 2.75) is 0 Å². The molecule has 0 spiro atoms. The fraction of sp³-hybridized carbons (Fsp3) is 1.00. The van der Waals surface area contributed by atoms with E-state index in [1.807, 2.05) is 11.8 Å². The number of thioether (sulfide) groups is 1. The molecular formula is C6H13ClO3SSi. The molecule has 0 aliphatic carbocycles. The highest BCUT2D eigenvalue weighted by atomic mass is 35.5. The molecule has 0 aromatic carbocycles. The van der Waals surface area contributed by atoms with Gasteiger partial charge in [0.1, 0.15) is 0 Å². The van der Waals surface area contributed by atoms with Crippen molar-refractivity contribution in [3.05, 3.63) is 0 Å². The van der Waals surface area contributed by atoms with Gasteiger partial charge in [0.25, 0.3) is 0 Å². The highest BCUT2D eigenvalue weighted by Crippen LogP contribution is 2.15. The monoisotopic (exact) mass is 228 g/mol. The molecule has 1 rings (SSSR count). The molecule has 12 heavy (non-hydrogen) atoms. The molecule has 1 aliphatic heterocycles. The van der Waals surface area contributed by atoms with Gasteiger partial charge in [0.05, 0.1) is 5.50 Å². The normalized spacial score (nSPS) is 24.5. The van der Waals surface area contributed by atoms with Gasteiger partial charge in [-0.1, -0.05) is 0 Å². The van der Waals surface area contributed by atoms with E-state index >= 15 is 0 Å². The summed E-state index contributed by atoms with van der Waals surface area (Å²) in [5.41, 5.74) is 0.341. The zero-order valence-electron chi connectivity index (χ0n) is 7.05. The Balaban J connectivity index is 2.45. The Bertz CT molecular complexity index is 124. The van der Waals surface area contributed by atoms with Gasteiger partial charge in [-0.3, -0.25) is 0 Å². The van der Waals surface area contributed by atoms with Crippen molar-refractivity contribution in [2.75, 3.05) is 37.3 Å². The van der Waals surface area contributed by atoms with Crippen molar-refractivity contribution in [1.29, 1.82) is 0 Å². The third-order valence-corrected chi connectivity index (χ3v) is 5.70. The highest BCUT2D eigenvalue weighted by molar-refractivity contribution is 7.99. The lowest BCUT2D eigenvalue weighted by Gasteiger charge is -2.27. The standard InChI is InChI=1S/C6H13ClO3SSi/c1-8-12(6-7)9-2-4-11-5-3-10-12/h2-6H2,1H3. The Labute approximate surface area is 83.1 Å². The SMILES string of the molecule is CO[Si]1(CCl)OCCSCCO1. The zero-order chi connectivity index (χ0) is 8.86. The average molecular weight is 229 g/mol. The first-order chi connectivity index (χ1) is 5.83. The van der Waals surface area contributed by atoms with Crippen LogP contribution in [0, 0.1) is 0 Å². The minimum Gasteiger partial charge on any atom is -0.376 e. The molecule has 1 saturated heterocycles. The Hall–Kier alpha value is 0.737. The van der Waals surface area contributed by atoms with Crippen molar-refractivity contribution in [3.63, 3.8) is 0 Å². The van der Waals surface area contributed by atoms with Crippen molar-refractivity contribution in [1.82, 2.24) is 0 Å². The van der Waals surface area contributed by atoms with Crippen LogP contribution < -0.4 is 0 Å². The van der Waals surface area contributed by atoms with E-state index in [-0.39, 0.29) is 0 Å². The predicted octanol–water partition coefficient (Wildman–Crippen LogP) is 1.13. The molecule has 72 valence electrons. The molecule has 6 heteroatoms. The first kappa shape index (κ1) is 10.8. The van der Waals surface area contributed by atoms with Crippen LogP contribution in [0.2, 0.25) is 0 Å². The lowest BCUT2D eigenvalue weighted by molar-refractivity contribution is 0.0922. The maximum absolute atomic E-state index is 5.74. The smallest absolute Gasteiger partial charge is 0.376 e. The van der Waals surface area contributed by atoms with Crippen LogP contribution in [-0.2, 0) is 13.3 Å². The van der Waals surface area contributed by atoms with Crippen LogP contribution in [0.4, 0.5) is 0 Å². The second kappa shape index (κ2) is 5.46. The summed E-state index contributed by atoms with van der Waals surface area (Å²) in [5, 5.41) is 0. The van der Waals surface area contributed by atoms with Crippen molar-refractivity contribution >= 4 is 32.2 Å². The molecule has 0 amide bonds. The summed E-state index contributed by atoms with van der Waals surface area (Å²) in [6.07, 6.45) is 0. The van der Waals surface area contributed by atoms with Gasteiger partial charge in [-0.05, 0) is 0 Å². The summed E-state index contributed by atoms with van der Waals surface area (Å²) >= 11 is 7.57. The van der Waals surface area contributed by atoms with Gasteiger partial charge in [0, 0.05) is 31.8 Å². The van der Waals surface area contributed by atoms with Gasteiger partial charge >= 0.3 is 8.80 Å². The Kier molecular flexibility index (Phi) is 4.92. The first-order valence-electron chi connectivity index (χ1n) is 3.80. The largest absolute Gasteiger partial charge is 0.516 e. The molecule has 0 unspecified atom stereocenters. The van der Waals surface area contributed by atoms with Crippen molar-refractivity contribution < 1.29 is 13.3 Å². The molecule has 0 atom stereocenters. The molecule has 0 N–H and O–H groups in total. The molecule has 1 aliphatic rings. The van der Waals surface area contributed by atoms with Crippen LogP contribution in [0.5, 0.6) is 0 Å². The van der Waals surface area contributed by atoms with E-state index in [1.165, 1.54) is 0 Å². The second-order valence-corrected chi connectivity index (χ2v) is 6.98. The minimum atomic E-state index is -2.46. The number of alkyl halides is 1. The highest BCUT2D eigenvalue weighted by Gasteiger charge is 2.39. The van der Waals surface area contributed by atoms with Gasteiger partial charge in [-0.15, -0.1) is 11.6 Å². The number of rotatable bonds is 2. The molecule has 0 aromatic rings. The van der Waals surface area contributed by atoms with Gasteiger partial charge in [0.2, 0.25) is 0 Å². The quantitative estimate of drug-likeness (QED) is 0.523. The first-order valence-corrected chi connectivity index (χ1v) is 7.42. The minimum absolute atomic E-state index is 0.341. The van der Waals surface area contributed by atoms with Crippen molar-refractivity contribution in [3.8, 4) is 0 Å². The van der Waals surface area contributed by atoms with E-state index in [0.29, 0.717) is 18.7 Å². The third-order valence-electron chi connectivity index (χ3n) is 1.57. The average Bonchev–Trinajstić information content (AvgIpc) is 2.06.